The van der Waals surface area contributed by atoms with Gasteiger partial charge >= 0.3 is 0 Å². The molecule has 0 unspecified atom stereocenters. The SMILES string of the molecule is C[C@@H](Nc1nc2ccccc2n2nnnc12)c1cnccn1. The third-order valence-corrected chi connectivity index (χ3v) is 3.40. The van der Waals surface area contributed by atoms with Crippen molar-refractivity contribution in [2.75, 3.05) is 5.32 Å². The van der Waals surface area contributed by atoms with E-state index in [1.807, 2.05) is 31.2 Å². The van der Waals surface area contributed by atoms with E-state index >= 15 is 0 Å². The summed E-state index contributed by atoms with van der Waals surface area (Å²) in [5.74, 6) is 0.613. The fourth-order valence-corrected chi connectivity index (χ4v) is 2.32. The van der Waals surface area contributed by atoms with E-state index in [2.05, 4.69) is 35.8 Å². The van der Waals surface area contributed by atoms with Gasteiger partial charge in [-0.2, -0.15) is 4.52 Å². The molecular formula is C14H12N8. The number of nitrogens with one attached hydrogen (secondary N) is 1. The second kappa shape index (κ2) is 4.99. The first kappa shape index (κ1) is 12.6. The molecule has 0 bridgehead atoms. The molecule has 8 heteroatoms. The van der Waals surface area contributed by atoms with Crippen molar-refractivity contribution in [2.24, 2.45) is 0 Å². The van der Waals surface area contributed by atoms with Crippen LogP contribution >= 0.6 is 0 Å². The maximum Gasteiger partial charge on any atom is 0.222 e. The lowest BCUT2D eigenvalue weighted by Crippen LogP contribution is -2.11. The Hall–Kier alpha value is -3.16. The highest BCUT2D eigenvalue weighted by molar-refractivity contribution is 5.81. The highest BCUT2D eigenvalue weighted by Crippen LogP contribution is 2.22. The van der Waals surface area contributed by atoms with Gasteiger partial charge in [0.2, 0.25) is 5.65 Å². The smallest absolute Gasteiger partial charge is 0.222 e. The fraction of sp³-hybridized carbons (Fsp3) is 0.143. The average molecular weight is 292 g/mol. The van der Waals surface area contributed by atoms with Crippen LogP contribution in [0.15, 0.2) is 42.9 Å². The van der Waals surface area contributed by atoms with Gasteiger partial charge in [-0.25, -0.2) is 4.98 Å². The van der Waals surface area contributed by atoms with E-state index < -0.39 is 0 Å². The Kier molecular flexibility index (Phi) is 2.85. The zero-order valence-electron chi connectivity index (χ0n) is 11.7. The van der Waals surface area contributed by atoms with Crippen molar-refractivity contribution in [3.8, 4) is 0 Å². The largest absolute Gasteiger partial charge is 0.359 e. The summed E-state index contributed by atoms with van der Waals surface area (Å²) in [5.41, 5.74) is 3.08. The predicted octanol–water partition coefficient (Wildman–Crippen LogP) is 1.64. The first-order valence-electron chi connectivity index (χ1n) is 6.82. The summed E-state index contributed by atoms with van der Waals surface area (Å²) in [6, 6.07) is 7.65. The molecule has 0 fully saturated rings. The molecule has 3 heterocycles. The van der Waals surface area contributed by atoms with Gasteiger partial charge < -0.3 is 5.32 Å². The molecule has 8 nitrogen and oxygen atoms in total. The van der Waals surface area contributed by atoms with Crippen molar-refractivity contribution in [2.45, 2.75) is 13.0 Å². The van der Waals surface area contributed by atoms with Gasteiger partial charge in [0.1, 0.15) is 0 Å². The van der Waals surface area contributed by atoms with Crippen LogP contribution in [0.1, 0.15) is 18.7 Å². The van der Waals surface area contributed by atoms with E-state index in [0.29, 0.717) is 11.5 Å². The van der Waals surface area contributed by atoms with Gasteiger partial charge in [0.15, 0.2) is 5.82 Å². The Bertz CT molecular complexity index is 933. The maximum absolute atomic E-state index is 4.62. The molecule has 108 valence electrons. The third-order valence-electron chi connectivity index (χ3n) is 3.40. The Morgan fingerprint density at radius 1 is 1.18 bits per heavy atom. The molecule has 0 aliphatic rings. The summed E-state index contributed by atoms with van der Waals surface area (Å²) in [5, 5.41) is 15.1. The summed E-state index contributed by atoms with van der Waals surface area (Å²) in [6.07, 6.45) is 5.03. The Morgan fingerprint density at radius 2 is 2.09 bits per heavy atom. The van der Waals surface area contributed by atoms with Gasteiger partial charge in [-0.15, -0.1) is 5.10 Å². The van der Waals surface area contributed by atoms with Crippen LogP contribution in [0.2, 0.25) is 0 Å². The minimum absolute atomic E-state index is 0.0668. The van der Waals surface area contributed by atoms with Crippen molar-refractivity contribution in [3.63, 3.8) is 0 Å². The lowest BCUT2D eigenvalue weighted by Gasteiger charge is -2.14. The Balaban J connectivity index is 1.82. The minimum atomic E-state index is -0.0668. The van der Waals surface area contributed by atoms with Gasteiger partial charge in [0.25, 0.3) is 0 Å². The molecule has 0 aliphatic carbocycles. The fourth-order valence-electron chi connectivity index (χ4n) is 2.32. The van der Waals surface area contributed by atoms with Gasteiger partial charge in [-0.1, -0.05) is 12.1 Å². The van der Waals surface area contributed by atoms with Crippen molar-refractivity contribution >= 4 is 22.5 Å². The maximum atomic E-state index is 4.62. The molecule has 0 amide bonds. The van der Waals surface area contributed by atoms with Crippen molar-refractivity contribution in [3.05, 3.63) is 48.5 Å². The minimum Gasteiger partial charge on any atom is -0.359 e. The number of fused-ring (bicyclic) bond motifs is 3. The van der Waals surface area contributed by atoms with Gasteiger partial charge in [0.05, 0.1) is 29.0 Å². The van der Waals surface area contributed by atoms with Crippen molar-refractivity contribution < 1.29 is 0 Å². The summed E-state index contributed by atoms with van der Waals surface area (Å²) < 4.78 is 1.67. The quantitative estimate of drug-likeness (QED) is 0.613. The zero-order valence-corrected chi connectivity index (χ0v) is 11.7. The predicted molar refractivity (Wildman–Crippen MR) is 80.2 cm³/mol. The first-order valence-corrected chi connectivity index (χ1v) is 6.82. The first-order chi connectivity index (χ1) is 10.8. The molecular weight excluding hydrogens is 280 g/mol. The van der Waals surface area contributed by atoms with Crippen LogP contribution in [0.25, 0.3) is 16.7 Å². The third kappa shape index (κ3) is 2.01. The van der Waals surface area contributed by atoms with Gasteiger partial charge in [-0.3, -0.25) is 9.97 Å². The van der Waals surface area contributed by atoms with E-state index in [9.17, 15) is 0 Å². The number of hydrogen-bond acceptors (Lipinski definition) is 7. The zero-order chi connectivity index (χ0) is 14.9. The number of tetrazole rings is 1. The summed E-state index contributed by atoms with van der Waals surface area (Å²) >= 11 is 0. The lowest BCUT2D eigenvalue weighted by molar-refractivity contribution is 0.819. The highest BCUT2D eigenvalue weighted by atomic mass is 15.5. The number of aromatic nitrogens is 7. The van der Waals surface area contributed by atoms with E-state index in [1.165, 1.54) is 0 Å². The molecule has 4 rings (SSSR count). The molecule has 1 aromatic carbocycles. The molecule has 1 N–H and O–H groups in total. The summed E-state index contributed by atoms with van der Waals surface area (Å²) in [4.78, 5) is 13.0. The highest BCUT2D eigenvalue weighted by Gasteiger charge is 2.14. The number of benzene rings is 1. The van der Waals surface area contributed by atoms with E-state index in [0.717, 1.165) is 16.7 Å². The molecule has 0 saturated carbocycles. The monoisotopic (exact) mass is 292 g/mol. The summed E-state index contributed by atoms with van der Waals surface area (Å²) in [7, 11) is 0. The normalized spacial score (nSPS) is 12.6. The topological polar surface area (TPSA) is 93.8 Å². The Morgan fingerprint density at radius 3 is 2.95 bits per heavy atom. The van der Waals surface area contributed by atoms with E-state index in [1.54, 1.807) is 23.1 Å². The number of rotatable bonds is 3. The molecule has 1 atom stereocenters. The van der Waals surface area contributed by atoms with Crippen LogP contribution in [0.3, 0.4) is 0 Å². The van der Waals surface area contributed by atoms with E-state index in [4.69, 9.17) is 0 Å². The summed E-state index contributed by atoms with van der Waals surface area (Å²) in [6.45, 7) is 1.99. The second-order valence-corrected chi connectivity index (χ2v) is 4.86. The van der Waals surface area contributed by atoms with Crippen molar-refractivity contribution in [1.29, 1.82) is 0 Å². The molecule has 0 saturated heterocycles. The average Bonchev–Trinajstić information content (AvgIpc) is 3.06. The molecule has 3 aromatic heterocycles. The number of anilines is 1. The van der Waals surface area contributed by atoms with Crippen LogP contribution in [0, 0.1) is 0 Å². The molecule has 4 aromatic rings. The Labute approximate surface area is 125 Å². The molecule has 22 heavy (non-hydrogen) atoms. The van der Waals surface area contributed by atoms with Crippen LogP contribution in [0.4, 0.5) is 5.82 Å². The molecule has 0 aliphatic heterocycles. The van der Waals surface area contributed by atoms with Gasteiger partial charge in [0, 0.05) is 12.4 Å². The van der Waals surface area contributed by atoms with Crippen LogP contribution in [-0.2, 0) is 0 Å². The number of hydrogen-bond donors (Lipinski definition) is 1. The molecule has 0 spiro atoms. The number of nitrogens with zero attached hydrogens (tertiary/aromatic N) is 7. The van der Waals surface area contributed by atoms with Crippen LogP contribution in [-0.4, -0.2) is 35.0 Å². The standard InChI is InChI=1S/C14H12N8/c1-9(11-8-15-6-7-16-11)17-13-14-19-20-21-22(14)12-5-3-2-4-10(12)18-13/h2-9H,1H3,(H,17,18)/t9-/m1/s1. The molecule has 0 radical (unpaired) electrons. The van der Waals surface area contributed by atoms with E-state index in [-0.39, 0.29) is 6.04 Å². The van der Waals surface area contributed by atoms with Gasteiger partial charge in [-0.05, 0) is 29.5 Å². The van der Waals surface area contributed by atoms with Crippen LogP contribution < -0.4 is 5.32 Å². The van der Waals surface area contributed by atoms with Crippen molar-refractivity contribution in [1.82, 2.24) is 35.0 Å². The van der Waals surface area contributed by atoms with Crippen LogP contribution in [0.5, 0.6) is 0 Å². The second-order valence-electron chi connectivity index (χ2n) is 4.86. The number of para-hydroxylation sites is 2. The lowest BCUT2D eigenvalue weighted by atomic mass is 10.2.